The number of para-hydroxylation sites is 2. The Balaban J connectivity index is 2.23. The summed E-state index contributed by atoms with van der Waals surface area (Å²) in [6.45, 7) is 1.98. The second-order valence-corrected chi connectivity index (χ2v) is 4.26. The molecule has 0 radical (unpaired) electrons. The summed E-state index contributed by atoms with van der Waals surface area (Å²) in [5, 5.41) is 9.19. The van der Waals surface area contributed by atoms with E-state index < -0.39 is 0 Å². The van der Waals surface area contributed by atoms with Gasteiger partial charge in [-0.05, 0) is 36.8 Å². The number of nitrogens with one attached hydrogen (secondary N) is 1. The Morgan fingerprint density at radius 2 is 2.00 bits per heavy atom. The van der Waals surface area contributed by atoms with Crippen molar-refractivity contribution in [3.05, 3.63) is 53.6 Å². The number of aromatic nitrogens is 2. The molecule has 3 nitrogen and oxygen atoms in total. The third kappa shape index (κ3) is 1.64. The first-order chi connectivity index (χ1) is 8.78. The van der Waals surface area contributed by atoms with Gasteiger partial charge in [0.2, 0.25) is 0 Å². The smallest absolute Gasteiger partial charge is 0.139 e. The summed E-state index contributed by atoms with van der Waals surface area (Å²) in [6, 6.07) is 15.9. The third-order valence-electron chi connectivity index (χ3n) is 2.94. The third-order valence-corrected chi connectivity index (χ3v) is 2.94. The number of fused-ring (bicyclic) bond motifs is 1. The number of hydrogen-bond acceptors (Lipinski definition) is 2. The second kappa shape index (κ2) is 4.01. The maximum Gasteiger partial charge on any atom is 0.139 e. The molecule has 0 saturated heterocycles. The highest BCUT2D eigenvalue weighted by Crippen LogP contribution is 2.24. The van der Waals surface area contributed by atoms with E-state index in [0.717, 1.165) is 28.0 Å². The Labute approximate surface area is 105 Å². The van der Waals surface area contributed by atoms with Crippen molar-refractivity contribution in [1.82, 2.24) is 9.97 Å². The highest BCUT2D eigenvalue weighted by molar-refractivity contribution is 5.80. The van der Waals surface area contributed by atoms with Gasteiger partial charge < -0.3 is 4.98 Å². The molecule has 3 rings (SSSR count). The van der Waals surface area contributed by atoms with Crippen LogP contribution >= 0.6 is 0 Å². The van der Waals surface area contributed by atoms with Crippen molar-refractivity contribution in [3.8, 4) is 17.5 Å². The molecule has 0 aliphatic heterocycles. The number of nitriles is 1. The fourth-order valence-corrected chi connectivity index (χ4v) is 2.04. The van der Waals surface area contributed by atoms with Crippen LogP contribution in [0.15, 0.2) is 42.5 Å². The van der Waals surface area contributed by atoms with Gasteiger partial charge in [0.1, 0.15) is 5.82 Å². The summed E-state index contributed by atoms with van der Waals surface area (Å²) in [5.41, 5.74) is 4.47. The van der Waals surface area contributed by atoms with E-state index in [1.807, 2.05) is 49.4 Å². The topological polar surface area (TPSA) is 52.5 Å². The average molecular weight is 233 g/mol. The monoisotopic (exact) mass is 233 g/mol. The van der Waals surface area contributed by atoms with Gasteiger partial charge in [0, 0.05) is 5.56 Å². The van der Waals surface area contributed by atoms with Crippen molar-refractivity contribution >= 4 is 11.0 Å². The first kappa shape index (κ1) is 10.5. The molecule has 0 atom stereocenters. The van der Waals surface area contributed by atoms with Gasteiger partial charge >= 0.3 is 0 Å². The molecule has 0 aliphatic rings. The van der Waals surface area contributed by atoms with Crippen LogP contribution in [-0.2, 0) is 0 Å². The van der Waals surface area contributed by atoms with Gasteiger partial charge in [0.25, 0.3) is 0 Å². The van der Waals surface area contributed by atoms with Crippen LogP contribution in [0.4, 0.5) is 0 Å². The molecule has 0 saturated carbocycles. The summed E-state index contributed by atoms with van der Waals surface area (Å²) < 4.78 is 0. The average Bonchev–Trinajstić information content (AvgIpc) is 2.82. The Morgan fingerprint density at radius 1 is 1.17 bits per heavy atom. The SMILES string of the molecule is Cc1ccc(-c2nc3ccccc3[nH]2)c(C#N)c1. The standard InChI is InChI=1S/C15H11N3/c1-10-6-7-12(11(8-10)9-16)15-17-13-4-2-3-5-14(13)18-15/h2-8H,1H3,(H,17,18). The molecule has 0 unspecified atom stereocenters. The molecule has 1 aromatic heterocycles. The second-order valence-electron chi connectivity index (χ2n) is 4.26. The molecule has 0 amide bonds. The number of benzene rings is 2. The van der Waals surface area contributed by atoms with Crippen molar-refractivity contribution in [2.24, 2.45) is 0 Å². The number of H-pyrrole nitrogens is 1. The first-order valence-electron chi connectivity index (χ1n) is 5.74. The number of imidazole rings is 1. The highest BCUT2D eigenvalue weighted by Gasteiger charge is 2.09. The van der Waals surface area contributed by atoms with Gasteiger partial charge in [0.15, 0.2) is 0 Å². The molecule has 3 aromatic rings. The maximum absolute atomic E-state index is 9.19. The molecule has 0 aliphatic carbocycles. The van der Waals surface area contributed by atoms with Gasteiger partial charge in [0.05, 0.1) is 22.7 Å². The summed E-state index contributed by atoms with van der Waals surface area (Å²) >= 11 is 0. The van der Waals surface area contributed by atoms with Crippen molar-refractivity contribution in [1.29, 1.82) is 5.26 Å². The van der Waals surface area contributed by atoms with Crippen LogP contribution in [0.2, 0.25) is 0 Å². The van der Waals surface area contributed by atoms with Gasteiger partial charge in [-0.2, -0.15) is 5.26 Å². The molecular weight excluding hydrogens is 222 g/mol. The van der Waals surface area contributed by atoms with E-state index in [2.05, 4.69) is 16.0 Å². The lowest BCUT2D eigenvalue weighted by Gasteiger charge is -2.01. The molecule has 1 heterocycles. The normalized spacial score (nSPS) is 10.4. The highest BCUT2D eigenvalue weighted by atomic mass is 14.9. The van der Waals surface area contributed by atoms with Crippen molar-refractivity contribution in [2.75, 3.05) is 0 Å². The van der Waals surface area contributed by atoms with Crippen LogP contribution in [0.25, 0.3) is 22.4 Å². The maximum atomic E-state index is 9.19. The van der Waals surface area contributed by atoms with E-state index in [-0.39, 0.29) is 0 Å². The fourth-order valence-electron chi connectivity index (χ4n) is 2.04. The van der Waals surface area contributed by atoms with Gasteiger partial charge in [-0.3, -0.25) is 0 Å². The van der Waals surface area contributed by atoms with E-state index >= 15 is 0 Å². The van der Waals surface area contributed by atoms with Crippen LogP contribution in [0.3, 0.4) is 0 Å². The Hall–Kier alpha value is -2.60. The van der Waals surface area contributed by atoms with E-state index in [9.17, 15) is 5.26 Å². The molecule has 2 aromatic carbocycles. The van der Waals surface area contributed by atoms with Crippen LogP contribution in [0.1, 0.15) is 11.1 Å². The van der Waals surface area contributed by atoms with Gasteiger partial charge in [-0.15, -0.1) is 0 Å². The quantitative estimate of drug-likeness (QED) is 0.700. The predicted molar refractivity (Wildman–Crippen MR) is 71.0 cm³/mol. The predicted octanol–water partition coefficient (Wildman–Crippen LogP) is 3.41. The van der Waals surface area contributed by atoms with Crippen LogP contribution < -0.4 is 0 Å². The van der Waals surface area contributed by atoms with E-state index in [4.69, 9.17) is 0 Å². The lowest BCUT2D eigenvalue weighted by Crippen LogP contribution is -1.87. The molecule has 18 heavy (non-hydrogen) atoms. The molecule has 3 heteroatoms. The number of nitrogens with zero attached hydrogens (tertiary/aromatic N) is 2. The minimum atomic E-state index is 0.647. The van der Waals surface area contributed by atoms with Crippen LogP contribution in [-0.4, -0.2) is 9.97 Å². The molecular formula is C15H11N3. The van der Waals surface area contributed by atoms with Crippen LogP contribution in [0.5, 0.6) is 0 Å². The zero-order valence-corrected chi connectivity index (χ0v) is 9.94. The van der Waals surface area contributed by atoms with Gasteiger partial charge in [-0.25, -0.2) is 4.98 Å². The minimum Gasteiger partial charge on any atom is -0.338 e. The Kier molecular flexibility index (Phi) is 2.35. The molecule has 0 fully saturated rings. The number of rotatable bonds is 1. The zero-order valence-electron chi connectivity index (χ0n) is 9.94. The molecule has 86 valence electrons. The summed E-state index contributed by atoms with van der Waals surface area (Å²) in [7, 11) is 0. The van der Waals surface area contributed by atoms with E-state index in [1.54, 1.807) is 0 Å². The van der Waals surface area contributed by atoms with E-state index in [1.165, 1.54) is 0 Å². The Morgan fingerprint density at radius 3 is 2.78 bits per heavy atom. The lowest BCUT2D eigenvalue weighted by atomic mass is 10.1. The number of hydrogen-bond donors (Lipinski definition) is 1. The minimum absolute atomic E-state index is 0.647. The fraction of sp³-hybridized carbons (Fsp3) is 0.0667. The largest absolute Gasteiger partial charge is 0.338 e. The summed E-state index contributed by atoms with van der Waals surface area (Å²) in [5.74, 6) is 0.743. The van der Waals surface area contributed by atoms with Crippen molar-refractivity contribution in [3.63, 3.8) is 0 Å². The number of aromatic amines is 1. The van der Waals surface area contributed by atoms with E-state index in [0.29, 0.717) is 5.56 Å². The van der Waals surface area contributed by atoms with Crippen LogP contribution in [0, 0.1) is 18.3 Å². The molecule has 0 bridgehead atoms. The van der Waals surface area contributed by atoms with Crippen molar-refractivity contribution < 1.29 is 0 Å². The van der Waals surface area contributed by atoms with Crippen molar-refractivity contribution in [2.45, 2.75) is 6.92 Å². The summed E-state index contributed by atoms with van der Waals surface area (Å²) in [4.78, 5) is 7.76. The first-order valence-corrected chi connectivity index (χ1v) is 5.74. The molecule has 0 spiro atoms. The number of aryl methyl sites for hydroxylation is 1. The zero-order chi connectivity index (χ0) is 12.5. The van der Waals surface area contributed by atoms with Gasteiger partial charge in [-0.1, -0.05) is 18.2 Å². The lowest BCUT2D eigenvalue weighted by molar-refractivity contribution is 1.31. The molecule has 1 N–H and O–H groups in total. The summed E-state index contributed by atoms with van der Waals surface area (Å²) in [6.07, 6.45) is 0. The Bertz CT molecular complexity index is 730.